The highest BCUT2D eigenvalue weighted by Crippen LogP contribution is 2.28. The van der Waals surface area contributed by atoms with Crippen LogP contribution in [0.5, 0.6) is 11.5 Å². The Kier molecular flexibility index (Phi) is 14.5. The van der Waals surface area contributed by atoms with E-state index in [1.54, 1.807) is 12.1 Å². The molecule has 0 atom stereocenters. The van der Waals surface area contributed by atoms with E-state index in [0.717, 1.165) is 52.8 Å². The highest BCUT2D eigenvalue weighted by atomic mass is 79.9. The fourth-order valence-corrected chi connectivity index (χ4v) is 5.38. The normalized spacial score (nSPS) is 11.4. The molecule has 0 bridgehead atoms. The largest absolute Gasteiger partial charge is 0.872 e. The van der Waals surface area contributed by atoms with Gasteiger partial charge in [-0.25, -0.2) is 0 Å². The van der Waals surface area contributed by atoms with Crippen LogP contribution >= 0.6 is 16.1 Å². The number of rotatable bonds is 14. The standard InChI is InChI=1S/C27H41BrNO2.C12H10O/c1-21(2)18-25-8-7-9-27(26(25)19-22(3)4)31-17-16-30-15-14-23-10-12-24(13-11-23)20-29(5,6)28;13-12-9-5-4-8-11(12)10-6-2-1-3-7-10/h7-13,21-22H,14-20H2,1-6H3;1-9,13H/q+1;/p-1. The Morgan fingerprint density at radius 2 is 1.32 bits per heavy atom. The first-order valence-electron chi connectivity index (χ1n) is 15.7. The van der Waals surface area contributed by atoms with E-state index in [4.69, 9.17) is 9.47 Å². The summed E-state index contributed by atoms with van der Waals surface area (Å²) in [5.41, 5.74) is 7.18. The van der Waals surface area contributed by atoms with Gasteiger partial charge in [0.2, 0.25) is 16.1 Å². The predicted molar refractivity (Wildman–Crippen MR) is 186 cm³/mol. The van der Waals surface area contributed by atoms with Gasteiger partial charge in [-0.3, -0.25) is 3.51 Å². The average molecular weight is 661 g/mol. The van der Waals surface area contributed by atoms with Crippen LogP contribution in [0.4, 0.5) is 0 Å². The Morgan fingerprint density at radius 3 is 1.95 bits per heavy atom. The molecule has 0 aliphatic carbocycles. The van der Waals surface area contributed by atoms with Crippen LogP contribution in [0.15, 0.2) is 97.1 Å². The zero-order valence-corrected chi connectivity index (χ0v) is 29.0. The van der Waals surface area contributed by atoms with E-state index in [-0.39, 0.29) is 5.75 Å². The molecule has 0 spiro atoms. The fraction of sp³-hybridized carbons (Fsp3) is 0.385. The lowest BCUT2D eigenvalue weighted by atomic mass is 9.92. The van der Waals surface area contributed by atoms with Gasteiger partial charge in [0.05, 0.1) is 27.3 Å². The first kappa shape index (κ1) is 35.4. The number of nitrogens with zero attached hydrogens (tertiary/aromatic N) is 1. The van der Waals surface area contributed by atoms with Crippen molar-refractivity contribution in [1.29, 1.82) is 0 Å². The molecule has 0 aliphatic rings. The zero-order valence-electron chi connectivity index (χ0n) is 27.4. The van der Waals surface area contributed by atoms with Gasteiger partial charge in [0.15, 0.2) is 0 Å². The quantitative estimate of drug-likeness (QED) is 0.100. The van der Waals surface area contributed by atoms with E-state index in [9.17, 15) is 5.11 Å². The van der Waals surface area contributed by atoms with Gasteiger partial charge in [0.25, 0.3) is 0 Å². The first-order chi connectivity index (χ1) is 21.0. The molecule has 0 heterocycles. The number of quaternary nitrogens is 1. The number of halogens is 1. The minimum absolute atomic E-state index is 0.0775. The number of hydrogen-bond acceptors (Lipinski definition) is 3. The second kappa shape index (κ2) is 18.0. The Morgan fingerprint density at radius 1 is 0.682 bits per heavy atom. The van der Waals surface area contributed by atoms with Gasteiger partial charge in [-0.1, -0.05) is 119 Å². The first-order valence-corrected chi connectivity index (χ1v) is 16.5. The van der Waals surface area contributed by atoms with Crippen LogP contribution in [-0.2, 0) is 30.5 Å². The van der Waals surface area contributed by atoms with Gasteiger partial charge in [-0.05, 0) is 65.0 Å². The Hall–Kier alpha value is -3.12. The summed E-state index contributed by atoms with van der Waals surface area (Å²) in [4.78, 5) is 0. The van der Waals surface area contributed by atoms with E-state index < -0.39 is 0 Å². The molecule has 0 aromatic heterocycles. The van der Waals surface area contributed by atoms with E-state index in [1.807, 2.05) is 42.5 Å². The maximum absolute atomic E-state index is 11.4. The minimum atomic E-state index is 0.0775. The molecule has 0 aliphatic heterocycles. The summed E-state index contributed by atoms with van der Waals surface area (Å²) in [6, 6.07) is 32.1. The molecule has 0 saturated carbocycles. The lowest BCUT2D eigenvalue weighted by Crippen LogP contribution is -2.25. The van der Waals surface area contributed by atoms with Crippen LogP contribution < -0.4 is 9.84 Å². The van der Waals surface area contributed by atoms with E-state index in [0.29, 0.717) is 25.0 Å². The van der Waals surface area contributed by atoms with Crippen LogP contribution in [0, 0.1) is 11.8 Å². The molecule has 0 fully saturated rings. The summed E-state index contributed by atoms with van der Waals surface area (Å²) in [6.07, 6.45) is 3.08. The van der Waals surface area contributed by atoms with Crippen LogP contribution in [0.3, 0.4) is 0 Å². The molecule has 0 unspecified atom stereocenters. The van der Waals surface area contributed by atoms with Crippen molar-refractivity contribution in [3.8, 4) is 22.6 Å². The monoisotopic (exact) mass is 659 g/mol. The summed E-state index contributed by atoms with van der Waals surface area (Å²) in [5.74, 6) is 2.36. The zero-order chi connectivity index (χ0) is 32.0. The van der Waals surface area contributed by atoms with Crippen molar-refractivity contribution in [2.75, 3.05) is 33.9 Å². The van der Waals surface area contributed by atoms with E-state index in [1.165, 1.54) is 22.3 Å². The fourth-order valence-electron chi connectivity index (χ4n) is 5.09. The Bertz CT molecular complexity index is 1380. The molecule has 236 valence electrons. The van der Waals surface area contributed by atoms with Gasteiger partial charge in [-0.15, -0.1) is 5.75 Å². The van der Waals surface area contributed by atoms with Crippen LogP contribution in [0.25, 0.3) is 11.1 Å². The smallest absolute Gasteiger partial charge is 0.227 e. The van der Waals surface area contributed by atoms with Gasteiger partial charge in [0, 0.05) is 5.56 Å². The number of para-hydroxylation sites is 1. The summed E-state index contributed by atoms with van der Waals surface area (Å²) in [5, 5.41) is 11.4. The molecule has 0 amide bonds. The summed E-state index contributed by atoms with van der Waals surface area (Å²) >= 11 is 3.65. The van der Waals surface area contributed by atoms with Gasteiger partial charge in [-0.2, -0.15) is 0 Å². The lowest BCUT2D eigenvalue weighted by molar-refractivity contribution is -0.749. The van der Waals surface area contributed by atoms with Crippen molar-refractivity contribution in [3.63, 3.8) is 0 Å². The third kappa shape index (κ3) is 12.9. The molecule has 4 nitrogen and oxygen atoms in total. The van der Waals surface area contributed by atoms with Crippen molar-refractivity contribution in [2.45, 2.75) is 53.5 Å². The predicted octanol–water partition coefficient (Wildman–Crippen LogP) is 9.04. The number of hydrogen-bond donors (Lipinski definition) is 0. The second-order valence-electron chi connectivity index (χ2n) is 12.7. The van der Waals surface area contributed by atoms with Crippen molar-refractivity contribution < 1.29 is 18.1 Å². The molecule has 0 N–H and O–H groups in total. The van der Waals surface area contributed by atoms with Gasteiger partial charge in [0.1, 0.15) is 18.9 Å². The lowest BCUT2D eigenvalue weighted by Gasteiger charge is -2.19. The second-order valence-corrected chi connectivity index (χ2v) is 14.6. The van der Waals surface area contributed by atoms with Gasteiger partial charge >= 0.3 is 0 Å². The average Bonchev–Trinajstić information content (AvgIpc) is 2.97. The number of ether oxygens (including phenoxy) is 2. The van der Waals surface area contributed by atoms with Crippen molar-refractivity contribution >= 4 is 16.1 Å². The Balaban J connectivity index is 0.000000335. The molecule has 4 aromatic carbocycles. The maximum atomic E-state index is 11.4. The summed E-state index contributed by atoms with van der Waals surface area (Å²) in [6.45, 7) is 12.0. The third-order valence-electron chi connectivity index (χ3n) is 7.04. The van der Waals surface area contributed by atoms with E-state index in [2.05, 4.69) is 100 Å². The highest BCUT2D eigenvalue weighted by Gasteiger charge is 2.13. The van der Waals surface area contributed by atoms with Crippen LogP contribution in [-0.4, -0.2) is 37.4 Å². The molecular weight excluding hydrogens is 610 g/mol. The topological polar surface area (TPSA) is 41.5 Å². The van der Waals surface area contributed by atoms with E-state index >= 15 is 0 Å². The van der Waals surface area contributed by atoms with Crippen molar-refractivity contribution in [1.82, 2.24) is 0 Å². The van der Waals surface area contributed by atoms with Gasteiger partial charge < -0.3 is 14.6 Å². The third-order valence-corrected chi connectivity index (χ3v) is 7.30. The van der Waals surface area contributed by atoms with Crippen molar-refractivity contribution in [3.05, 3.63) is 119 Å². The van der Waals surface area contributed by atoms with Crippen LogP contribution in [0.1, 0.15) is 49.9 Å². The molecule has 0 radical (unpaired) electrons. The molecule has 44 heavy (non-hydrogen) atoms. The molecule has 0 saturated heterocycles. The molecule has 5 heteroatoms. The van der Waals surface area contributed by atoms with Crippen molar-refractivity contribution in [2.24, 2.45) is 11.8 Å². The number of benzene rings is 4. The minimum Gasteiger partial charge on any atom is -0.872 e. The molecular formula is C39H50BrNO3. The molecule has 4 rings (SSSR count). The SMILES string of the molecule is CC(C)Cc1cccc(OCCOCCc2ccc(C[N+](C)(C)Br)cc2)c1CC(C)C.[O-]c1ccccc1-c1ccccc1. The maximum Gasteiger partial charge on any atom is 0.227 e. The summed E-state index contributed by atoms with van der Waals surface area (Å²) < 4.78 is 12.8. The van der Waals surface area contributed by atoms with Crippen LogP contribution in [0.2, 0.25) is 0 Å². The Labute approximate surface area is 274 Å². The molecule has 4 aromatic rings. The highest BCUT2D eigenvalue weighted by molar-refractivity contribution is 9.05. The summed E-state index contributed by atoms with van der Waals surface area (Å²) in [7, 11) is 4.27.